The minimum atomic E-state index is 0.172. The number of hydrogen-bond donors (Lipinski definition) is 1. The summed E-state index contributed by atoms with van der Waals surface area (Å²) in [5.74, 6) is 0. The molecule has 0 aliphatic heterocycles. The van der Waals surface area contributed by atoms with E-state index in [1.165, 1.54) is 16.3 Å². The summed E-state index contributed by atoms with van der Waals surface area (Å²) in [6.45, 7) is 0.752. The second-order valence-corrected chi connectivity index (χ2v) is 4.83. The number of hydrogen-bond acceptors (Lipinski definition) is 4. The molecule has 0 saturated carbocycles. The highest BCUT2D eigenvalue weighted by Crippen LogP contribution is 2.31. The van der Waals surface area contributed by atoms with Gasteiger partial charge in [0.15, 0.2) is 0 Å². The lowest BCUT2D eigenvalue weighted by Gasteiger charge is -2.15. The van der Waals surface area contributed by atoms with E-state index in [1.54, 1.807) is 7.11 Å². The van der Waals surface area contributed by atoms with E-state index in [0.29, 0.717) is 0 Å². The molecule has 1 aliphatic rings. The molecule has 1 unspecified atom stereocenters. The summed E-state index contributed by atoms with van der Waals surface area (Å²) in [5.41, 5.74) is 7.15. The van der Waals surface area contributed by atoms with Gasteiger partial charge in [0.1, 0.15) is 0 Å². The van der Waals surface area contributed by atoms with E-state index >= 15 is 0 Å². The first-order chi connectivity index (χ1) is 6.81. The Labute approximate surface area is 88.3 Å². The van der Waals surface area contributed by atoms with Crippen LogP contribution in [0.2, 0.25) is 0 Å². The summed E-state index contributed by atoms with van der Waals surface area (Å²) in [6.07, 6.45) is 4.37. The smallest absolute Gasteiger partial charge is 0.0954 e. The molecule has 0 spiro atoms. The fraction of sp³-hybridized carbons (Fsp3) is 0.700. The van der Waals surface area contributed by atoms with Crippen LogP contribution in [0.4, 0.5) is 0 Å². The maximum Gasteiger partial charge on any atom is 0.0954 e. The van der Waals surface area contributed by atoms with Crippen LogP contribution in [-0.2, 0) is 17.6 Å². The van der Waals surface area contributed by atoms with E-state index in [4.69, 9.17) is 10.5 Å². The molecule has 1 heterocycles. The molecule has 0 aromatic carbocycles. The van der Waals surface area contributed by atoms with Gasteiger partial charge in [0.2, 0.25) is 0 Å². The second-order valence-electron chi connectivity index (χ2n) is 3.66. The van der Waals surface area contributed by atoms with Crippen LogP contribution in [-0.4, -0.2) is 18.7 Å². The zero-order valence-corrected chi connectivity index (χ0v) is 9.27. The molecule has 2 rings (SSSR count). The van der Waals surface area contributed by atoms with Crippen LogP contribution in [0.3, 0.4) is 0 Å². The number of fused-ring (bicyclic) bond motifs is 1. The summed E-state index contributed by atoms with van der Waals surface area (Å²) in [5, 5.41) is 1.18. The van der Waals surface area contributed by atoms with Gasteiger partial charge in [0.25, 0.3) is 0 Å². The predicted octanol–water partition coefficient (Wildman–Crippen LogP) is 1.67. The Morgan fingerprint density at radius 1 is 1.64 bits per heavy atom. The number of aromatic nitrogens is 1. The highest BCUT2D eigenvalue weighted by molar-refractivity contribution is 7.11. The van der Waals surface area contributed by atoms with E-state index < -0.39 is 0 Å². The standard InChI is InChI=1S/C10H16N2OS/c1-13-6-5-9-12-10-7(11)3-2-4-8(10)14-9/h7H,2-6,11H2,1H3. The Hall–Kier alpha value is -0.450. The molecule has 14 heavy (non-hydrogen) atoms. The Kier molecular flexibility index (Phi) is 3.15. The number of nitrogens with two attached hydrogens (primary N) is 1. The van der Waals surface area contributed by atoms with Gasteiger partial charge in [-0.05, 0) is 19.3 Å². The lowest BCUT2D eigenvalue weighted by atomic mass is 9.99. The van der Waals surface area contributed by atoms with Crippen molar-refractivity contribution in [2.75, 3.05) is 13.7 Å². The first kappa shape index (κ1) is 10.1. The van der Waals surface area contributed by atoms with Gasteiger partial charge in [-0.3, -0.25) is 0 Å². The minimum absolute atomic E-state index is 0.172. The lowest BCUT2D eigenvalue weighted by Crippen LogP contribution is -2.16. The molecular formula is C10H16N2OS. The third kappa shape index (κ3) is 1.97. The van der Waals surface area contributed by atoms with E-state index in [1.807, 2.05) is 11.3 Å². The van der Waals surface area contributed by atoms with Crippen LogP contribution in [0.5, 0.6) is 0 Å². The summed E-state index contributed by atoms with van der Waals surface area (Å²) in [6, 6.07) is 0.172. The minimum Gasteiger partial charge on any atom is -0.384 e. The van der Waals surface area contributed by atoms with Crippen LogP contribution in [0.15, 0.2) is 0 Å². The van der Waals surface area contributed by atoms with Crippen LogP contribution >= 0.6 is 11.3 Å². The Morgan fingerprint density at radius 3 is 3.21 bits per heavy atom. The molecule has 0 bridgehead atoms. The van der Waals surface area contributed by atoms with Gasteiger partial charge < -0.3 is 10.5 Å². The quantitative estimate of drug-likeness (QED) is 0.829. The number of nitrogens with zero attached hydrogens (tertiary/aromatic N) is 1. The molecule has 4 heteroatoms. The summed E-state index contributed by atoms with van der Waals surface area (Å²) < 4.78 is 5.04. The van der Waals surface area contributed by atoms with Gasteiger partial charge in [-0.15, -0.1) is 11.3 Å². The van der Waals surface area contributed by atoms with Crippen molar-refractivity contribution in [1.29, 1.82) is 0 Å². The molecule has 0 amide bonds. The van der Waals surface area contributed by atoms with Crippen molar-refractivity contribution < 1.29 is 4.74 Å². The van der Waals surface area contributed by atoms with Gasteiger partial charge in [-0.2, -0.15) is 0 Å². The van der Waals surface area contributed by atoms with E-state index in [-0.39, 0.29) is 6.04 Å². The molecule has 0 fully saturated rings. The average Bonchev–Trinajstić information content (AvgIpc) is 2.59. The number of thiazole rings is 1. The summed E-state index contributed by atoms with van der Waals surface area (Å²) >= 11 is 1.81. The van der Waals surface area contributed by atoms with Gasteiger partial charge in [0.05, 0.1) is 17.3 Å². The van der Waals surface area contributed by atoms with Gasteiger partial charge in [-0.25, -0.2) is 4.98 Å². The normalized spacial score (nSPS) is 20.9. The Bertz CT molecular complexity index is 311. The summed E-state index contributed by atoms with van der Waals surface area (Å²) in [4.78, 5) is 5.98. The molecule has 78 valence electrons. The van der Waals surface area contributed by atoms with Crippen LogP contribution in [0.1, 0.15) is 34.5 Å². The molecule has 0 radical (unpaired) electrons. The number of aryl methyl sites for hydroxylation is 1. The molecule has 1 atom stereocenters. The largest absolute Gasteiger partial charge is 0.384 e. The van der Waals surface area contributed by atoms with Crippen molar-refractivity contribution in [3.63, 3.8) is 0 Å². The zero-order chi connectivity index (χ0) is 9.97. The molecule has 3 nitrogen and oxygen atoms in total. The average molecular weight is 212 g/mol. The summed E-state index contributed by atoms with van der Waals surface area (Å²) in [7, 11) is 1.72. The third-order valence-electron chi connectivity index (χ3n) is 2.56. The number of ether oxygens (including phenoxy) is 1. The molecule has 1 aliphatic carbocycles. The Balaban J connectivity index is 2.13. The molecule has 1 aromatic heterocycles. The maximum absolute atomic E-state index is 6.00. The Morgan fingerprint density at radius 2 is 2.50 bits per heavy atom. The third-order valence-corrected chi connectivity index (χ3v) is 3.75. The fourth-order valence-electron chi connectivity index (χ4n) is 1.80. The topological polar surface area (TPSA) is 48.1 Å². The SMILES string of the molecule is COCCc1nc2c(s1)CCCC2N. The predicted molar refractivity (Wildman–Crippen MR) is 57.6 cm³/mol. The van der Waals surface area contributed by atoms with Crippen LogP contribution < -0.4 is 5.73 Å². The lowest BCUT2D eigenvalue weighted by molar-refractivity contribution is 0.202. The van der Waals surface area contributed by atoms with Gasteiger partial charge in [-0.1, -0.05) is 0 Å². The maximum atomic E-state index is 6.00. The van der Waals surface area contributed by atoms with Crippen molar-refractivity contribution in [2.45, 2.75) is 31.7 Å². The van der Waals surface area contributed by atoms with Crippen molar-refractivity contribution in [1.82, 2.24) is 4.98 Å². The van der Waals surface area contributed by atoms with E-state index in [9.17, 15) is 0 Å². The highest BCUT2D eigenvalue weighted by Gasteiger charge is 2.21. The van der Waals surface area contributed by atoms with Gasteiger partial charge >= 0.3 is 0 Å². The van der Waals surface area contributed by atoms with Gasteiger partial charge in [0, 0.05) is 24.4 Å². The zero-order valence-electron chi connectivity index (χ0n) is 8.45. The van der Waals surface area contributed by atoms with E-state index in [2.05, 4.69) is 4.98 Å². The van der Waals surface area contributed by atoms with Crippen molar-refractivity contribution in [3.05, 3.63) is 15.6 Å². The number of methoxy groups -OCH3 is 1. The van der Waals surface area contributed by atoms with Crippen molar-refractivity contribution in [2.24, 2.45) is 5.73 Å². The molecular weight excluding hydrogens is 196 g/mol. The monoisotopic (exact) mass is 212 g/mol. The first-order valence-electron chi connectivity index (χ1n) is 5.04. The highest BCUT2D eigenvalue weighted by atomic mass is 32.1. The molecule has 1 aromatic rings. The van der Waals surface area contributed by atoms with Crippen LogP contribution in [0.25, 0.3) is 0 Å². The second kappa shape index (κ2) is 4.38. The number of rotatable bonds is 3. The van der Waals surface area contributed by atoms with E-state index in [0.717, 1.165) is 31.6 Å². The fourth-order valence-corrected chi connectivity index (χ4v) is 2.96. The van der Waals surface area contributed by atoms with Crippen molar-refractivity contribution in [3.8, 4) is 0 Å². The van der Waals surface area contributed by atoms with Crippen molar-refractivity contribution >= 4 is 11.3 Å². The molecule has 2 N–H and O–H groups in total. The van der Waals surface area contributed by atoms with Crippen LogP contribution in [0, 0.1) is 0 Å². The first-order valence-corrected chi connectivity index (χ1v) is 5.86. The molecule has 0 saturated heterocycles.